The van der Waals surface area contributed by atoms with Crippen molar-refractivity contribution in [2.24, 2.45) is 5.73 Å². The van der Waals surface area contributed by atoms with Crippen molar-refractivity contribution in [1.82, 2.24) is 15.3 Å². The van der Waals surface area contributed by atoms with E-state index in [1.165, 1.54) is 24.5 Å². The molecule has 1 heterocycles. The van der Waals surface area contributed by atoms with Crippen LogP contribution in [-0.4, -0.2) is 44.3 Å². The third kappa shape index (κ3) is 4.79. The van der Waals surface area contributed by atoms with E-state index >= 15 is 0 Å². The first-order valence-corrected chi connectivity index (χ1v) is 8.61. The number of carboxylic acid groups (broad SMARTS) is 1. The largest absolute Gasteiger partial charge is 0.478 e. The van der Waals surface area contributed by atoms with Gasteiger partial charge in [0.25, 0.3) is 0 Å². The number of aryl methyl sites for hydroxylation is 1. The molecule has 144 valence electrons. The SMILES string of the molecule is CCc1cc(C(=O)O)ccc1C(=O)C(C)(C)NC(=O)[C@@H](N)Cc1cnc[nH]1. The number of carbonyl (C=O) groups is 3. The van der Waals surface area contributed by atoms with Gasteiger partial charge in [0.1, 0.15) is 0 Å². The molecule has 0 unspecified atom stereocenters. The number of aromatic carboxylic acids is 1. The summed E-state index contributed by atoms with van der Waals surface area (Å²) < 4.78 is 0. The fraction of sp³-hybridized carbons (Fsp3) is 0.368. The number of benzene rings is 1. The number of carbonyl (C=O) groups excluding carboxylic acids is 2. The lowest BCUT2D eigenvalue weighted by molar-refractivity contribution is -0.123. The van der Waals surface area contributed by atoms with Crippen LogP contribution >= 0.6 is 0 Å². The Morgan fingerprint density at radius 3 is 2.59 bits per heavy atom. The van der Waals surface area contributed by atoms with Gasteiger partial charge in [0.15, 0.2) is 5.78 Å². The molecule has 8 heteroatoms. The molecule has 8 nitrogen and oxygen atoms in total. The number of nitrogens with one attached hydrogen (secondary N) is 2. The molecule has 2 aromatic rings. The van der Waals surface area contributed by atoms with Crippen LogP contribution in [0.25, 0.3) is 0 Å². The van der Waals surface area contributed by atoms with E-state index in [2.05, 4.69) is 15.3 Å². The number of Topliss-reactive ketones (excluding diaryl/α,β-unsaturated/α-hetero) is 1. The van der Waals surface area contributed by atoms with Gasteiger partial charge < -0.3 is 21.1 Å². The van der Waals surface area contributed by atoms with E-state index in [4.69, 9.17) is 10.8 Å². The molecule has 2 rings (SSSR count). The highest BCUT2D eigenvalue weighted by atomic mass is 16.4. The van der Waals surface area contributed by atoms with Crippen molar-refractivity contribution in [2.75, 3.05) is 0 Å². The standard InChI is InChI=1S/C19H24N4O4/c1-4-11-7-12(18(26)27)5-6-14(11)16(24)19(2,3)23-17(25)15(20)8-13-9-21-10-22-13/h5-7,9-10,15H,4,8,20H2,1-3H3,(H,21,22)(H,23,25)(H,26,27)/t15-/m0/s1. The van der Waals surface area contributed by atoms with Crippen molar-refractivity contribution in [2.45, 2.75) is 45.2 Å². The highest BCUT2D eigenvalue weighted by molar-refractivity contribution is 6.06. The van der Waals surface area contributed by atoms with E-state index in [1.807, 2.05) is 6.92 Å². The highest BCUT2D eigenvalue weighted by Crippen LogP contribution is 2.20. The molecule has 0 saturated heterocycles. The van der Waals surface area contributed by atoms with Gasteiger partial charge in [0.05, 0.1) is 23.5 Å². The molecule has 0 aliphatic heterocycles. The van der Waals surface area contributed by atoms with Crippen LogP contribution in [0.15, 0.2) is 30.7 Å². The Morgan fingerprint density at radius 2 is 2.04 bits per heavy atom. The Balaban J connectivity index is 2.16. The average Bonchev–Trinajstić information content (AvgIpc) is 3.12. The normalized spacial score (nSPS) is 12.4. The molecule has 0 radical (unpaired) electrons. The van der Waals surface area contributed by atoms with Crippen LogP contribution in [0, 0.1) is 0 Å². The lowest BCUT2D eigenvalue weighted by atomic mass is 9.88. The van der Waals surface area contributed by atoms with Gasteiger partial charge in [-0.3, -0.25) is 9.59 Å². The predicted molar refractivity (Wildman–Crippen MR) is 99.6 cm³/mol. The molecular weight excluding hydrogens is 348 g/mol. The topological polar surface area (TPSA) is 138 Å². The van der Waals surface area contributed by atoms with E-state index in [0.29, 0.717) is 17.5 Å². The van der Waals surface area contributed by atoms with Crippen molar-refractivity contribution in [3.05, 3.63) is 53.1 Å². The van der Waals surface area contributed by atoms with Gasteiger partial charge in [0, 0.05) is 23.9 Å². The minimum Gasteiger partial charge on any atom is -0.478 e. The van der Waals surface area contributed by atoms with E-state index < -0.39 is 23.5 Å². The van der Waals surface area contributed by atoms with Crippen molar-refractivity contribution < 1.29 is 19.5 Å². The van der Waals surface area contributed by atoms with Crippen molar-refractivity contribution in [3.8, 4) is 0 Å². The minimum atomic E-state index is -1.20. The first kappa shape index (κ1) is 20.3. The number of rotatable bonds is 8. The molecule has 0 bridgehead atoms. The van der Waals surface area contributed by atoms with Gasteiger partial charge in [0.2, 0.25) is 5.91 Å². The van der Waals surface area contributed by atoms with E-state index in [0.717, 1.165) is 5.69 Å². The Kier molecular flexibility index (Phi) is 6.12. The summed E-state index contributed by atoms with van der Waals surface area (Å²) in [6.45, 7) is 5.03. The summed E-state index contributed by atoms with van der Waals surface area (Å²) in [4.78, 5) is 43.3. The quantitative estimate of drug-likeness (QED) is 0.516. The molecule has 0 fully saturated rings. The molecule has 27 heavy (non-hydrogen) atoms. The van der Waals surface area contributed by atoms with Crippen LogP contribution in [0.3, 0.4) is 0 Å². The monoisotopic (exact) mass is 372 g/mol. The fourth-order valence-electron chi connectivity index (χ4n) is 2.76. The summed E-state index contributed by atoms with van der Waals surface area (Å²) in [5.41, 5.74) is 6.57. The van der Waals surface area contributed by atoms with Gasteiger partial charge in [-0.05, 0) is 38.0 Å². The van der Waals surface area contributed by atoms with Gasteiger partial charge >= 0.3 is 5.97 Å². The van der Waals surface area contributed by atoms with Gasteiger partial charge in [-0.15, -0.1) is 0 Å². The van der Waals surface area contributed by atoms with E-state index in [-0.39, 0.29) is 17.8 Å². The Labute approximate surface area is 157 Å². The van der Waals surface area contributed by atoms with Crippen LogP contribution in [0.2, 0.25) is 0 Å². The molecule has 0 spiro atoms. The lowest BCUT2D eigenvalue weighted by Crippen LogP contribution is -2.55. The number of nitrogens with two attached hydrogens (primary N) is 1. The number of amides is 1. The average molecular weight is 372 g/mol. The molecule has 0 aliphatic carbocycles. The summed E-state index contributed by atoms with van der Waals surface area (Å²) in [7, 11) is 0. The van der Waals surface area contributed by atoms with Crippen LogP contribution in [0.4, 0.5) is 0 Å². The Morgan fingerprint density at radius 1 is 1.33 bits per heavy atom. The number of nitrogens with zero attached hydrogens (tertiary/aromatic N) is 1. The second-order valence-corrected chi connectivity index (χ2v) is 6.86. The van der Waals surface area contributed by atoms with Crippen LogP contribution in [0.5, 0.6) is 0 Å². The number of aromatic amines is 1. The third-order valence-corrected chi connectivity index (χ3v) is 4.31. The number of H-pyrrole nitrogens is 1. The van der Waals surface area contributed by atoms with Crippen LogP contribution in [-0.2, 0) is 17.6 Å². The number of ketones is 1. The maximum Gasteiger partial charge on any atom is 0.335 e. The lowest BCUT2D eigenvalue weighted by Gasteiger charge is -2.27. The second kappa shape index (κ2) is 8.13. The molecule has 5 N–H and O–H groups in total. The zero-order valence-corrected chi connectivity index (χ0v) is 15.6. The Bertz CT molecular complexity index is 843. The molecule has 0 aliphatic rings. The van der Waals surface area contributed by atoms with Crippen LogP contribution in [0.1, 0.15) is 52.7 Å². The molecular formula is C19H24N4O4. The van der Waals surface area contributed by atoms with Crippen molar-refractivity contribution in [3.63, 3.8) is 0 Å². The van der Waals surface area contributed by atoms with E-state index in [1.54, 1.807) is 20.0 Å². The second-order valence-electron chi connectivity index (χ2n) is 6.86. The highest BCUT2D eigenvalue weighted by Gasteiger charge is 2.33. The first-order chi connectivity index (χ1) is 12.7. The van der Waals surface area contributed by atoms with Gasteiger partial charge in [-0.1, -0.05) is 13.0 Å². The molecule has 1 aromatic carbocycles. The number of hydrogen-bond donors (Lipinski definition) is 4. The minimum absolute atomic E-state index is 0.117. The van der Waals surface area contributed by atoms with E-state index in [9.17, 15) is 14.4 Å². The summed E-state index contributed by atoms with van der Waals surface area (Å²) in [5, 5.41) is 11.8. The number of carboxylic acids is 1. The molecule has 1 aromatic heterocycles. The zero-order chi connectivity index (χ0) is 20.2. The number of imidazole rings is 1. The number of hydrogen-bond acceptors (Lipinski definition) is 5. The fourth-order valence-corrected chi connectivity index (χ4v) is 2.76. The maximum absolute atomic E-state index is 13.0. The predicted octanol–water partition coefficient (Wildman–Crippen LogP) is 1.32. The molecule has 0 saturated carbocycles. The van der Waals surface area contributed by atoms with Crippen molar-refractivity contribution in [1.29, 1.82) is 0 Å². The molecule has 1 atom stereocenters. The smallest absolute Gasteiger partial charge is 0.335 e. The summed E-state index contributed by atoms with van der Waals surface area (Å²) in [6.07, 6.45) is 3.84. The van der Waals surface area contributed by atoms with Crippen molar-refractivity contribution >= 4 is 17.7 Å². The summed E-state index contributed by atoms with van der Waals surface area (Å²) in [6, 6.07) is 3.52. The van der Waals surface area contributed by atoms with Gasteiger partial charge in [-0.2, -0.15) is 0 Å². The summed E-state index contributed by atoms with van der Waals surface area (Å²) in [5.74, 6) is -1.82. The zero-order valence-electron chi connectivity index (χ0n) is 15.6. The maximum atomic E-state index is 13.0. The third-order valence-electron chi connectivity index (χ3n) is 4.31. The Hall–Kier alpha value is -3.00. The molecule has 1 amide bonds. The summed E-state index contributed by atoms with van der Waals surface area (Å²) >= 11 is 0. The van der Waals surface area contributed by atoms with Gasteiger partial charge in [-0.25, -0.2) is 9.78 Å². The number of aromatic nitrogens is 2. The van der Waals surface area contributed by atoms with Crippen LogP contribution < -0.4 is 11.1 Å². The first-order valence-electron chi connectivity index (χ1n) is 8.61.